The summed E-state index contributed by atoms with van der Waals surface area (Å²) in [6.45, 7) is 6.69. The van der Waals surface area contributed by atoms with Crippen LogP contribution in [0.3, 0.4) is 0 Å². The van der Waals surface area contributed by atoms with Crippen molar-refractivity contribution < 1.29 is 19.2 Å². The lowest BCUT2D eigenvalue weighted by Gasteiger charge is -1.91. The van der Waals surface area contributed by atoms with E-state index >= 15 is 0 Å². The van der Waals surface area contributed by atoms with E-state index in [-0.39, 0.29) is 0 Å². The van der Waals surface area contributed by atoms with E-state index in [2.05, 4.69) is 20.0 Å². The summed E-state index contributed by atoms with van der Waals surface area (Å²) >= 11 is 0. The molecule has 0 unspecified atom stereocenters. The van der Waals surface area contributed by atoms with Crippen molar-refractivity contribution in [3.8, 4) is 0 Å². The molecular formula is C3H13O4PSi. The van der Waals surface area contributed by atoms with Crippen molar-refractivity contribution in [2.75, 3.05) is 20.0 Å². The van der Waals surface area contributed by atoms with Crippen molar-refractivity contribution in [1.82, 2.24) is 0 Å². The molecule has 0 fully saturated rings. The molecule has 4 nitrogen and oxygen atoms in total. The Balaban J connectivity index is 0. The fourth-order valence-electron chi connectivity index (χ4n) is 0. The summed E-state index contributed by atoms with van der Waals surface area (Å²) in [6, 6.07) is 0. The summed E-state index contributed by atoms with van der Waals surface area (Å²) in [6.07, 6.45) is 0. The zero-order valence-electron chi connectivity index (χ0n) is 5.74. The van der Waals surface area contributed by atoms with Crippen LogP contribution in [0.25, 0.3) is 0 Å². The summed E-state index contributed by atoms with van der Waals surface area (Å²) < 4.78 is 0. The summed E-state index contributed by atoms with van der Waals surface area (Å²) in [4.78, 5) is 29.3. The van der Waals surface area contributed by atoms with Crippen LogP contribution in [0.1, 0.15) is 0 Å². The highest BCUT2D eigenvalue weighted by Crippen LogP contribution is 2.14. The Labute approximate surface area is 57.0 Å². The van der Waals surface area contributed by atoms with Gasteiger partial charge in [-0.1, -0.05) is 0 Å². The lowest BCUT2D eigenvalue weighted by molar-refractivity contribution is 0.117. The lowest BCUT2D eigenvalue weighted by Crippen LogP contribution is -2.33. The largest absolute Gasteiger partial charge is 0.668 e. The Morgan fingerprint density at radius 3 is 0.889 bits per heavy atom. The van der Waals surface area contributed by atoms with Crippen LogP contribution < -0.4 is 0 Å². The molecule has 0 aliphatic heterocycles. The molecule has 0 radical (unpaired) electrons. The van der Waals surface area contributed by atoms with Gasteiger partial charge in [0.05, 0.1) is 0 Å². The van der Waals surface area contributed by atoms with Gasteiger partial charge in [-0.05, 0) is 20.0 Å². The van der Waals surface area contributed by atoms with Gasteiger partial charge in [0.1, 0.15) is 0 Å². The predicted molar refractivity (Wildman–Crippen MR) is 39.3 cm³/mol. The minimum absolute atomic E-state index is 0.380. The molecule has 0 bridgehead atoms. The summed E-state index contributed by atoms with van der Waals surface area (Å²) in [5.41, 5.74) is 0. The van der Waals surface area contributed by atoms with E-state index in [9.17, 15) is 0 Å². The molecule has 0 aliphatic carbocycles. The molecule has 0 aromatic heterocycles. The van der Waals surface area contributed by atoms with Gasteiger partial charge in [-0.25, -0.2) is 0 Å². The van der Waals surface area contributed by atoms with Crippen molar-refractivity contribution in [1.29, 1.82) is 0 Å². The Bertz CT molecular complexity index is 52.6. The molecule has 0 rings (SSSR count). The van der Waals surface area contributed by atoms with Crippen LogP contribution in [0.5, 0.6) is 0 Å². The minimum Gasteiger partial charge on any atom is -0.368 e. The molecule has 0 saturated carbocycles. The predicted octanol–water partition coefficient (Wildman–Crippen LogP) is -1.25. The van der Waals surface area contributed by atoms with Gasteiger partial charge in [0.25, 0.3) is 0 Å². The molecule has 0 aromatic rings. The highest BCUT2D eigenvalue weighted by atomic mass is 31.1. The Morgan fingerprint density at radius 2 is 0.889 bits per heavy atom. The van der Waals surface area contributed by atoms with Gasteiger partial charge in [0.15, 0.2) is 0 Å². The monoisotopic (exact) mass is 172 g/mol. The van der Waals surface area contributed by atoms with Crippen LogP contribution in [0.2, 0.25) is 0 Å². The van der Waals surface area contributed by atoms with E-state index < -0.39 is 9.05 Å². The highest BCUT2D eigenvalue weighted by Gasteiger charge is 2.22. The van der Waals surface area contributed by atoms with Crippen LogP contribution in [-0.4, -0.2) is 48.2 Å². The van der Waals surface area contributed by atoms with Crippen molar-refractivity contribution in [3.63, 3.8) is 0 Å². The SMILES string of the molecule is CP(C)C.O[Si](O)(O)O. The van der Waals surface area contributed by atoms with Gasteiger partial charge >= 0.3 is 9.05 Å². The van der Waals surface area contributed by atoms with E-state index in [1.165, 1.54) is 0 Å². The average Bonchev–Trinajstić information content (AvgIpc) is 1.19. The van der Waals surface area contributed by atoms with E-state index in [1.54, 1.807) is 0 Å². The molecule has 58 valence electrons. The van der Waals surface area contributed by atoms with Crippen molar-refractivity contribution in [3.05, 3.63) is 0 Å². The van der Waals surface area contributed by atoms with Crippen LogP contribution in [0, 0.1) is 0 Å². The average molecular weight is 172 g/mol. The molecule has 0 amide bonds. The van der Waals surface area contributed by atoms with Gasteiger partial charge < -0.3 is 19.2 Å². The maximum atomic E-state index is 7.33. The van der Waals surface area contributed by atoms with Gasteiger partial charge in [0.2, 0.25) is 0 Å². The standard InChI is InChI=1S/C3H9P.H4O4Si/c1-4(2)3;1-5(2,3)4/h1-3H3;1-4H. The summed E-state index contributed by atoms with van der Waals surface area (Å²) in [7, 11) is -4.23. The quantitative estimate of drug-likeness (QED) is 0.272. The highest BCUT2D eigenvalue weighted by molar-refractivity contribution is 7.55. The lowest BCUT2D eigenvalue weighted by atomic mass is 11.9. The fraction of sp³-hybridized carbons (Fsp3) is 1.00. The molecule has 6 heteroatoms. The molecule has 0 aliphatic rings. The van der Waals surface area contributed by atoms with E-state index in [0.29, 0.717) is 7.92 Å². The summed E-state index contributed by atoms with van der Waals surface area (Å²) in [5.74, 6) is 0. The molecule has 0 spiro atoms. The molecule has 0 atom stereocenters. The smallest absolute Gasteiger partial charge is 0.368 e. The molecule has 9 heavy (non-hydrogen) atoms. The maximum Gasteiger partial charge on any atom is 0.668 e. The van der Waals surface area contributed by atoms with E-state index in [0.717, 1.165) is 0 Å². The molecule has 0 saturated heterocycles. The van der Waals surface area contributed by atoms with Gasteiger partial charge in [-0.3, -0.25) is 0 Å². The van der Waals surface area contributed by atoms with Gasteiger partial charge in [0, 0.05) is 0 Å². The zero-order valence-corrected chi connectivity index (χ0v) is 7.63. The van der Waals surface area contributed by atoms with Crippen molar-refractivity contribution in [2.45, 2.75) is 0 Å². The van der Waals surface area contributed by atoms with Gasteiger partial charge in [-0.15, -0.1) is 7.92 Å². The van der Waals surface area contributed by atoms with Crippen LogP contribution in [0.4, 0.5) is 0 Å². The summed E-state index contributed by atoms with van der Waals surface area (Å²) in [5, 5.41) is 0. The normalized spacial score (nSPS) is 10.7. The second-order valence-electron chi connectivity index (χ2n) is 1.94. The van der Waals surface area contributed by atoms with Gasteiger partial charge in [-0.2, -0.15) is 0 Å². The Kier molecular flexibility index (Phi) is 7.16. The first-order valence-corrected chi connectivity index (χ1v) is 6.71. The third-order valence-electron chi connectivity index (χ3n) is 0. The topological polar surface area (TPSA) is 80.9 Å². The minimum atomic E-state index is -4.61. The van der Waals surface area contributed by atoms with Crippen LogP contribution >= 0.6 is 7.92 Å². The first-order chi connectivity index (χ1) is 3.73. The van der Waals surface area contributed by atoms with Crippen molar-refractivity contribution in [2.24, 2.45) is 0 Å². The maximum absolute atomic E-state index is 7.33. The molecule has 0 heterocycles. The fourth-order valence-corrected chi connectivity index (χ4v) is 0. The Hall–Kier alpha value is 0.487. The number of hydrogen-bond acceptors (Lipinski definition) is 4. The second-order valence-corrected chi connectivity index (χ2v) is 5.82. The van der Waals surface area contributed by atoms with Crippen LogP contribution in [0.15, 0.2) is 0 Å². The Morgan fingerprint density at radius 1 is 0.889 bits per heavy atom. The number of hydrogen-bond donors (Lipinski definition) is 4. The third kappa shape index (κ3) is 1510. The van der Waals surface area contributed by atoms with E-state index in [4.69, 9.17) is 19.2 Å². The van der Waals surface area contributed by atoms with Crippen LogP contribution in [-0.2, 0) is 0 Å². The first kappa shape index (κ1) is 12.2. The first-order valence-electron chi connectivity index (χ1n) is 2.24. The molecule has 0 aromatic carbocycles. The zero-order chi connectivity index (χ0) is 8.08. The second kappa shape index (κ2) is 5.29. The third-order valence-corrected chi connectivity index (χ3v) is 0. The number of rotatable bonds is 0. The van der Waals surface area contributed by atoms with E-state index in [1.807, 2.05) is 0 Å². The molecular weight excluding hydrogens is 159 g/mol. The van der Waals surface area contributed by atoms with Crippen molar-refractivity contribution >= 4 is 17.0 Å². The molecule has 4 N–H and O–H groups in total.